The average Bonchev–Trinajstić information content (AvgIpc) is 3.09. The van der Waals surface area contributed by atoms with E-state index in [1.165, 1.54) is 23.5 Å². The summed E-state index contributed by atoms with van der Waals surface area (Å²) in [4.78, 5) is 17.0. The maximum atomic E-state index is 13.2. The summed E-state index contributed by atoms with van der Waals surface area (Å²) in [6.45, 7) is 5.56. The Kier molecular flexibility index (Phi) is 4.50. The smallest absolute Gasteiger partial charge is 0.232 e. The number of ether oxygens (including phenoxy) is 1. The van der Waals surface area contributed by atoms with E-state index in [1.807, 2.05) is 45.0 Å². The molecule has 8 heteroatoms. The number of hydrogen-bond donors (Lipinski definition) is 1. The minimum atomic E-state index is -0.855. The molecule has 1 unspecified atom stereocenters. The Morgan fingerprint density at radius 1 is 1.18 bits per heavy atom. The summed E-state index contributed by atoms with van der Waals surface area (Å²) >= 11 is 1.32. The van der Waals surface area contributed by atoms with Gasteiger partial charge < -0.3 is 10.1 Å². The molecule has 144 valence electrons. The highest BCUT2D eigenvalue weighted by Crippen LogP contribution is 2.52. The van der Waals surface area contributed by atoms with E-state index in [9.17, 15) is 9.32 Å². The van der Waals surface area contributed by atoms with E-state index in [0.29, 0.717) is 16.6 Å². The lowest BCUT2D eigenvalue weighted by Crippen LogP contribution is -2.38. The number of aromatic nitrogens is 2. The first-order chi connectivity index (χ1) is 13.4. The summed E-state index contributed by atoms with van der Waals surface area (Å²) in [5.41, 5.74) is 0.817. The van der Waals surface area contributed by atoms with Crippen molar-refractivity contribution >= 4 is 22.4 Å². The van der Waals surface area contributed by atoms with Gasteiger partial charge in [-0.25, -0.2) is 0 Å². The number of amides is 1. The van der Waals surface area contributed by atoms with Gasteiger partial charge in [0.15, 0.2) is 5.75 Å². The van der Waals surface area contributed by atoms with E-state index in [4.69, 9.17) is 4.74 Å². The zero-order valence-electron chi connectivity index (χ0n) is 15.5. The van der Waals surface area contributed by atoms with Crippen molar-refractivity contribution in [2.75, 3.05) is 5.32 Å². The predicted molar refractivity (Wildman–Crippen MR) is 104 cm³/mol. The standard InChI is InChI=1S/C20H18FN3O3S/c1-11-23-24-19(28-11)22-18(25)20(2,3)17-13-6-4-5-7-15(13)26-16-10-12(27-21)8-9-14(16)17/h4-10,17H,1-3H3,(H,22,24,25). The normalized spacial score (nSPS) is 15.2. The van der Waals surface area contributed by atoms with Gasteiger partial charge in [0.2, 0.25) is 11.0 Å². The van der Waals surface area contributed by atoms with Crippen LogP contribution >= 0.6 is 11.3 Å². The highest BCUT2D eigenvalue weighted by molar-refractivity contribution is 7.15. The second-order valence-corrected chi connectivity index (χ2v) is 8.33. The molecular weight excluding hydrogens is 381 g/mol. The fraction of sp³-hybridized carbons (Fsp3) is 0.250. The lowest BCUT2D eigenvalue weighted by Gasteiger charge is -2.38. The van der Waals surface area contributed by atoms with E-state index in [1.54, 1.807) is 6.07 Å². The predicted octanol–water partition coefficient (Wildman–Crippen LogP) is 5.01. The van der Waals surface area contributed by atoms with Crippen LogP contribution in [-0.2, 0) is 4.79 Å². The molecule has 0 radical (unpaired) electrons. The Labute approximate surface area is 165 Å². The van der Waals surface area contributed by atoms with Crippen LogP contribution in [0.15, 0.2) is 42.5 Å². The zero-order chi connectivity index (χ0) is 19.9. The van der Waals surface area contributed by atoms with Crippen LogP contribution in [0, 0.1) is 12.3 Å². The highest BCUT2D eigenvalue weighted by atomic mass is 32.1. The summed E-state index contributed by atoms with van der Waals surface area (Å²) in [6.07, 6.45) is 0. The quantitative estimate of drug-likeness (QED) is 0.667. The Balaban J connectivity index is 1.78. The number of nitrogens with zero attached hydrogens (tertiary/aromatic N) is 2. The number of hydrogen-bond acceptors (Lipinski definition) is 6. The monoisotopic (exact) mass is 399 g/mol. The Hall–Kier alpha value is -3.00. The fourth-order valence-electron chi connectivity index (χ4n) is 3.50. The van der Waals surface area contributed by atoms with E-state index in [-0.39, 0.29) is 17.6 Å². The third-order valence-corrected chi connectivity index (χ3v) is 5.64. The van der Waals surface area contributed by atoms with E-state index in [0.717, 1.165) is 16.1 Å². The Morgan fingerprint density at radius 2 is 1.93 bits per heavy atom. The van der Waals surface area contributed by atoms with Crippen molar-refractivity contribution in [1.82, 2.24) is 10.2 Å². The van der Waals surface area contributed by atoms with Crippen molar-refractivity contribution in [2.24, 2.45) is 5.41 Å². The van der Waals surface area contributed by atoms with Gasteiger partial charge in [-0.1, -0.05) is 49.4 Å². The largest absolute Gasteiger partial charge is 0.457 e. The maximum absolute atomic E-state index is 13.2. The molecule has 0 bridgehead atoms. The average molecular weight is 399 g/mol. The number of benzene rings is 2. The van der Waals surface area contributed by atoms with E-state index >= 15 is 0 Å². The first-order valence-electron chi connectivity index (χ1n) is 8.71. The third-order valence-electron chi connectivity index (χ3n) is 4.89. The molecule has 0 saturated carbocycles. The van der Waals surface area contributed by atoms with Crippen molar-refractivity contribution in [3.05, 3.63) is 58.6 Å². The van der Waals surface area contributed by atoms with Gasteiger partial charge in [0, 0.05) is 27.6 Å². The van der Waals surface area contributed by atoms with Crippen LogP contribution in [0.5, 0.6) is 17.2 Å². The van der Waals surface area contributed by atoms with Crippen LogP contribution in [-0.4, -0.2) is 16.1 Å². The molecule has 1 aliphatic heterocycles. The Bertz CT molecular complexity index is 1050. The third kappa shape index (κ3) is 3.09. The van der Waals surface area contributed by atoms with Crippen LogP contribution in [0.2, 0.25) is 0 Å². The maximum Gasteiger partial charge on any atom is 0.232 e. The summed E-state index contributed by atoms with van der Waals surface area (Å²) in [5, 5.41) is 12.0. The summed E-state index contributed by atoms with van der Waals surface area (Å²) < 4.78 is 18.6. The lowest BCUT2D eigenvalue weighted by atomic mass is 9.69. The van der Waals surface area contributed by atoms with Crippen LogP contribution in [0.25, 0.3) is 0 Å². The molecule has 0 spiro atoms. The molecule has 1 aromatic heterocycles. The molecule has 1 atom stereocenters. The van der Waals surface area contributed by atoms with Gasteiger partial charge in [-0.2, -0.15) is 0 Å². The van der Waals surface area contributed by atoms with Crippen LogP contribution in [0.4, 0.5) is 9.66 Å². The molecule has 6 nitrogen and oxygen atoms in total. The minimum absolute atomic E-state index is 0.0449. The fourth-order valence-corrected chi connectivity index (χ4v) is 4.09. The van der Waals surface area contributed by atoms with Crippen molar-refractivity contribution in [3.63, 3.8) is 0 Å². The van der Waals surface area contributed by atoms with Gasteiger partial charge in [0.05, 0.1) is 5.41 Å². The number of aryl methyl sites for hydroxylation is 1. The van der Waals surface area contributed by atoms with Gasteiger partial charge in [-0.3, -0.25) is 9.74 Å². The molecule has 3 aromatic rings. The zero-order valence-corrected chi connectivity index (χ0v) is 16.3. The van der Waals surface area contributed by atoms with Gasteiger partial charge in [0.1, 0.15) is 16.5 Å². The van der Waals surface area contributed by atoms with Gasteiger partial charge in [0.25, 0.3) is 0 Å². The number of carbonyl (C=O) groups is 1. The molecule has 28 heavy (non-hydrogen) atoms. The molecule has 1 amide bonds. The summed E-state index contributed by atoms with van der Waals surface area (Å²) in [6, 6.07) is 12.3. The van der Waals surface area contributed by atoms with Crippen LogP contribution < -0.4 is 15.0 Å². The minimum Gasteiger partial charge on any atom is -0.457 e. The number of nitrogens with one attached hydrogen (secondary N) is 1. The molecule has 2 heterocycles. The van der Waals surface area contributed by atoms with Crippen molar-refractivity contribution < 1.29 is 19.0 Å². The molecule has 0 aliphatic carbocycles. The van der Waals surface area contributed by atoms with Crippen molar-refractivity contribution in [2.45, 2.75) is 26.7 Å². The second kappa shape index (κ2) is 6.87. The number of anilines is 1. The molecule has 4 rings (SSSR count). The van der Waals surface area contributed by atoms with E-state index in [2.05, 4.69) is 20.5 Å². The first-order valence-corrected chi connectivity index (χ1v) is 9.52. The number of rotatable bonds is 4. The van der Waals surface area contributed by atoms with Gasteiger partial charge in [-0.15, -0.1) is 10.2 Å². The van der Waals surface area contributed by atoms with Gasteiger partial charge >= 0.3 is 0 Å². The van der Waals surface area contributed by atoms with E-state index < -0.39 is 5.41 Å². The number of fused-ring (bicyclic) bond motifs is 2. The number of halogens is 1. The molecule has 0 fully saturated rings. The molecule has 1 aliphatic rings. The first kappa shape index (κ1) is 18.4. The summed E-state index contributed by atoms with van der Waals surface area (Å²) in [5.74, 6) is 0.635. The SMILES string of the molecule is Cc1nnc(NC(=O)C(C)(C)C2c3ccccc3Oc3cc(OF)ccc32)s1. The molecular formula is C20H18FN3O3S. The number of para-hydroxylation sites is 1. The van der Waals surface area contributed by atoms with Crippen molar-refractivity contribution in [3.8, 4) is 17.2 Å². The molecule has 2 aromatic carbocycles. The topological polar surface area (TPSA) is 73.3 Å². The van der Waals surface area contributed by atoms with Crippen LogP contribution in [0.3, 0.4) is 0 Å². The summed E-state index contributed by atoms with van der Waals surface area (Å²) in [7, 11) is 0. The van der Waals surface area contributed by atoms with Crippen molar-refractivity contribution in [1.29, 1.82) is 0 Å². The molecule has 1 N–H and O–H groups in total. The number of carbonyl (C=O) groups excluding carboxylic acids is 1. The van der Waals surface area contributed by atoms with Gasteiger partial charge in [-0.05, 0) is 19.1 Å². The lowest BCUT2D eigenvalue weighted by molar-refractivity contribution is -0.124. The molecule has 0 saturated heterocycles. The second-order valence-electron chi connectivity index (χ2n) is 7.15. The van der Waals surface area contributed by atoms with Crippen LogP contribution in [0.1, 0.15) is 35.9 Å². The highest BCUT2D eigenvalue weighted by Gasteiger charge is 2.43. The Morgan fingerprint density at radius 3 is 2.64 bits per heavy atom.